The van der Waals surface area contributed by atoms with E-state index >= 15 is 0 Å². The molecule has 0 fully saturated rings. The molecule has 0 bridgehead atoms. The largest absolute Gasteiger partial charge is 0.431 e. The summed E-state index contributed by atoms with van der Waals surface area (Å²) < 4.78 is 0. The van der Waals surface area contributed by atoms with E-state index in [0.717, 1.165) is 14.2 Å². The van der Waals surface area contributed by atoms with E-state index < -0.39 is 16.6 Å². The summed E-state index contributed by atoms with van der Waals surface area (Å²) in [6.45, 7) is 25.7. The van der Waals surface area contributed by atoms with E-state index in [0.29, 0.717) is 33.2 Å². The normalized spacial score (nSPS) is 11.6. The summed E-state index contributed by atoms with van der Waals surface area (Å²) in [5, 5.41) is 14.0. The van der Waals surface area contributed by atoms with Crippen molar-refractivity contribution in [1.29, 1.82) is 0 Å². The Morgan fingerprint density at radius 2 is 0.444 bits per heavy atom. The van der Waals surface area contributed by atoms with E-state index in [1.807, 2.05) is 0 Å². The molecular weight excluding hydrogens is 452 g/mol. The molecule has 0 unspecified atom stereocenters. The van der Waals surface area contributed by atoms with E-state index in [-0.39, 0.29) is 26.2 Å². The third kappa shape index (κ3) is 12.4. The zero-order valence-electron chi connectivity index (χ0n) is 20.8. The maximum absolute atomic E-state index is 10.4. The van der Waals surface area contributed by atoms with Gasteiger partial charge < -0.3 is 19.8 Å². The molecule has 0 aliphatic heterocycles. The Balaban J connectivity index is -0.0000000975. The monoisotopic (exact) mass is 502 g/mol. The smallest absolute Gasteiger partial charge is 0.196 e. The first-order valence-electron chi connectivity index (χ1n) is 10.0. The number of hydrogen-bond donors (Lipinski definition) is 4. The molecule has 4 nitrogen and oxygen atoms in total. The average Bonchev–Trinajstić information content (AvgIpc) is 2.56. The molecule has 0 radical (unpaired) electrons. The quantitative estimate of drug-likeness (QED) is 0.360. The van der Waals surface area contributed by atoms with Crippen molar-refractivity contribution in [2.75, 3.05) is 14.2 Å². The molecule has 0 aromatic rings. The Labute approximate surface area is 192 Å². The molecule has 0 aromatic heterocycles. The van der Waals surface area contributed by atoms with Crippen LogP contribution in [0.4, 0.5) is 0 Å². The molecule has 0 rings (SSSR count). The van der Waals surface area contributed by atoms with Crippen molar-refractivity contribution in [1.82, 2.24) is 0 Å². The van der Waals surface area contributed by atoms with Crippen molar-refractivity contribution >= 4 is 16.6 Å². The van der Waals surface area contributed by atoms with Crippen LogP contribution in [0.2, 0.25) is 33.2 Å². The Bertz CT molecular complexity index is 237. The molecule has 0 heterocycles. The van der Waals surface area contributed by atoms with Crippen molar-refractivity contribution in [2.24, 2.45) is 0 Å². The first-order valence-corrected chi connectivity index (χ1v) is 14.4. The molecule has 7 heteroatoms. The van der Waals surface area contributed by atoms with E-state index in [1.54, 1.807) is 0 Å². The van der Waals surface area contributed by atoms with Crippen molar-refractivity contribution in [3.05, 3.63) is 0 Å². The predicted octanol–water partition coefficient (Wildman–Crippen LogP) is 5.52. The van der Waals surface area contributed by atoms with Crippen molar-refractivity contribution in [2.45, 2.75) is 116 Å². The number of hydrogen-bond acceptors (Lipinski definition) is 4. The SMILES string of the molecule is CC(C)[Si](O)(C(C)C)C(C)C.CC(C)[Si](O)(C(C)C)C(C)C.CO.CO.[Zr]. The summed E-state index contributed by atoms with van der Waals surface area (Å²) >= 11 is 0. The maximum Gasteiger partial charge on any atom is 0.196 e. The fourth-order valence-corrected chi connectivity index (χ4v) is 12.0. The molecule has 0 spiro atoms. The third-order valence-electron chi connectivity index (χ3n) is 5.55. The van der Waals surface area contributed by atoms with Gasteiger partial charge in [-0.25, -0.2) is 0 Å². The standard InChI is InChI=1S/2C9H22OSi.2CH4O.Zr/c2*1-7(2)11(10,8(3)4)9(5)6;2*1-2;/h2*7-10H,1-6H3;2*2H,1H3;. The van der Waals surface area contributed by atoms with E-state index in [4.69, 9.17) is 10.2 Å². The van der Waals surface area contributed by atoms with Gasteiger partial charge in [-0.2, -0.15) is 0 Å². The van der Waals surface area contributed by atoms with Crippen LogP contribution in [0, 0.1) is 0 Å². The summed E-state index contributed by atoms with van der Waals surface area (Å²) in [6.07, 6.45) is 0. The summed E-state index contributed by atoms with van der Waals surface area (Å²) in [7, 11) is -1.96. The molecular formula is C20H52O4Si2Zr. The molecule has 4 N–H and O–H groups in total. The van der Waals surface area contributed by atoms with Crippen LogP contribution >= 0.6 is 0 Å². The van der Waals surface area contributed by atoms with Crippen LogP contribution in [0.3, 0.4) is 0 Å². The third-order valence-corrected chi connectivity index (χ3v) is 16.6. The first-order chi connectivity index (χ1) is 11.7. The van der Waals surface area contributed by atoms with Crippen LogP contribution in [-0.2, 0) is 26.2 Å². The van der Waals surface area contributed by atoms with E-state index in [1.165, 1.54) is 0 Å². The second-order valence-corrected chi connectivity index (χ2v) is 19.2. The second-order valence-electron chi connectivity index (χ2n) is 8.70. The van der Waals surface area contributed by atoms with Gasteiger partial charge in [-0.1, -0.05) is 83.1 Å². The van der Waals surface area contributed by atoms with Gasteiger partial charge in [0.25, 0.3) is 0 Å². The summed E-state index contributed by atoms with van der Waals surface area (Å²) in [5.41, 5.74) is 2.85. The predicted molar refractivity (Wildman–Crippen MR) is 123 cm³/mol. The van der Waals surface area contributed by atoms with Gasteiger partial charge in [0.05, 0.1) is 0 Å². The van der Waals surface area contributed by atoms with Gasteiger partial charge in [0, 0.05) is 40.4 Å². The van der Waals surface area contributed by atoms with Crippen LogP contribution in [-0.4, -0.2) is 50.7 Å². The fraction of sp³-hybridized carbons (Fsp3) is 1.00. The topological polar surface area (TPSA) is 80.9 Å². The fourth-order valence-electron chi connectivity index (χ4n) is 4.00. The van der Waals surface area contributed by atoms with Gasteiger partial charge in [-0.15, -0.1) is 0 Å². The van der Waals surface area contributed by atoms with Gasteiger partial charge in [0.1, 0.15) is 0 Å². The van der Waals surface area contributed by atoms with Crippen LogP contribution < -0.4 is 0 Å². The van der Waals surface area contributed by atoms with Crippen LogP contribution in [0.5, 0.6) is 0 Å². The summed E-state index contributed by atoms with van der Waals surface area (Å²) in [4.78, 5) is 20.8. The number of aliphatic hydroxyl groups excluding tert-OH is 2. The van der Waals surface area contributed by atoms with Crippen molar-refractivity contribution in [3.63, 3.8) is 0 Å². The minimum Gasteiger partial charge on any atom is -0.431 e. The Morgan fingerprint density at radius 3 is 0.444 bits per heavy atom. The zero-order valence-corrected chi connectivity index (χ0v) is 25.2. The van der Waals surface area contributed by atoms with Gasteiger partial charge in [0.2, 0.25) is 0 Å². The number of rotatable bonds is 6. The molecule has 0 aliphatic rings. The average molecular weight is 504 g/mol. The number of aliphatic hydroxyl groups is 2. The molecule has 27 heavy (non-hydrogen) atoms. The molecule has 168 valence electrons. The van der Waals surface area contributed by atoms with Gasteiger partial charge in [-0.05, 0) is 33.2 Å². The van der Waals surface area contributed by atoms with E-state index in [9.17, 15) is 9.59 Å². The zero-order chi connectivity index (χ0) is 22.5. The molecule has 0 saturated heterocycles. The van der Waals surface area contributed by atoms with Gasteiger partial charge >= 0.3 is 0 Å². The van der Waals surface area contributed by atoms with Crippen molar-refractivity contribution in [3.8, 4) is 0 Å². The molecule has 0 atom stereocenters. The molecule has 0 aliphatic carbocycles. The Kier molecular flexibility index (Phi) is 27.5. The molecule has 0 saturated carbocycles. The second kappa shape index (κ2) is 19.1. The van der Waals surface area contributed by atoms with Gasteiger partial charge in [0.15, 0.2) is 16.6 Å². The first kappa shape index (κ1) is 38.7. The molecule has 0 aromatic carbocycles. The van der Waals surface area contributed by atoms with Crippen LogP contribution in [0.25, 0.3) is 0 Å². The van der Waals surface area contributed by atoms with Crippen LogP contribution in [0.15, 0.2) is 0 Å². The van der Waals surface area contributed by atoms with Crippen molar-refractivity contribution < 1.29 is 46.0 Å². The minimum absolute atomic E-state index is 0. The Hall–Kier alpha value is 1.16. The minimum atomic E-state index is -1.98. The summed E-state index contributed by atoms with van der Waals surface area (Å²) in [6, 6.07) is 0. The maximum atomic E-state index is 10.4. The van der Waals surface area contributed by atoms with Crippen LogP contribution in [0.1, 0.15) is 83.1 Å². The molecule has 0 amide bonds. The Morgan fingerprint density at radius 1 is 0.370 bits per heavy atom. The van der Waals surface area contributed by atoms with E-state index in [2.05, 4.69) is 83.1 Å². The van der Waals surface area contributed by atoms with Gasteiger partial charge in [-0.3, -0.25) is 0 Å². The summed E-state index contributed by atoms with van der Waals surface area (Å²) in [5.74, 6) is 0.